The summed E-state index contributed by atoms with van der Waals surface area (Å²) < 4.78 is 8.66. The van der Waals surface area contributed by atoms with Gasteiger partial charge in [-0.15, -0.1) is 0 Å². The summed E-state index contributed by atoms with van der Waals surface area (Å²) in [4.78, 5) is 0. The van der Waals surface area contributed by atoms with E-state index in [4.69, 9.17) is 10.5 Å². The Balaban J connectivity index is 2.01. The van der Waals surface area contributed by atoms with E-state index in [2.05, 4.69) is 40.1 Å². The van der Waals surface area contributed by atoms with Gasteiger partial charge in [-0.3, -0.25) is 4.68 Å². The van der Waals surface area contributed by atoms with Crippen LogP contribution in [0.5, 0.6) is 5.75 Å². The molecule has 1 aliphatic carbocycles. The standard InChI is InChI=1S/C15H18BrN3O/c1-9-5-11(13-7-14(17)19(2)18-13)15(12(16)6-9)20-8-10-3-4-10/h5-7,10H,3-4,8,17H2,1-2H3. The second-order valence-electron chi connectivity index (χ2n) is 5.46. The molecule has 5 heteroatoms. The molecule has 2 aromatic rings. The molecule has 0 spiro atoms. The molecule has 0 radical (unpaired) electrons. The molecular weight excluding hydrogens is 318 g/mol. The minimum absolute atomic E-state index is 0.644. The van der Waals surface area contributed by atoms with Crippen molar-refractivity contribution in [1.82, 2.24) is 9.78 Å². The fourth-order valence-electron chi connectivity index (χ4n) is 2.16. The van der Waals surface area contributed by atoms with Crippen molar-refractivity contribution in [2.45, 2.75) is 19.8 Å². The second-order valence-corrected chi connectivity index (χ2v) is 6.31. The summed E-state index contributed by atoms with van der Waals surface area (Å²) >= 11 is 3.60. The highest BCUT2D eigenvalue weighted by molar-refractivity contribution is 9.10. The molecule has 1 aliphatic rings. The summed E-state index contributed by atoms with van der Waals surface area (Å²) in [7, 11) is 1.84. The van der Waals surface area contributed by atoms with Crippen LogP contribution in [0.3, 0.4) is 0 Å². The monoisotopic (exact) mass is 335 g/mol. The Hall–Kier alpha value is -1.49. The van der Waals surface area contributed by atoms with Gasteiger partial charge in [0, 0.05) is 18.7 Å². The van der Waals surface area contributed by atoms with Crippen molar-refractivity contribution in [3.05, 3.63) is 28.2 Å². The summed E-state index contributed by atoms with van der Waals surface area (Å²) in [6.45, 7) is 2.84. The first-order valence-electron chi connectivity index (χ1n) is 6.77. The molecule has 2 N–H and O–H groups in total. The summed E-state index contributed by atoms with van der Waals surface area (Å²) in [5.41, 5.74) is 8.88. The lowest BCUT2D eigenvalue weighted by Crippen LogP contribution is -2.02. The Morgan fingerprint density at radius 1 is 1.40 bits per heavy atom. The molecule has 106 valence electrons. The molecule has 1 aromatic carbocycles. The predicted molar refractivity (Wildman–Crippen MR) is 83.7 cm³/mol. The summed E-state index contributed by atoms with van der Waals surface area (Å²) in [5, 5.41) is 4.46. The van der Waals surface area contributed by atoms with E-state index in [1.165, 1.54) is 12.8 Å². The fourth-order valence-corrected chi connectivity index (χ4v) is 2.85. The predicted octanol–water partition coefficient (Wildman–Crippen LogP) is 3.53. The molecule has 4 nitrogen and oxygen atoms in total. The number of rotatable bonds is 4. The number of ether oxygens (including phenoxy) is 1. The van der Waals surface area contributed by atoms with Crippen LogP contribution in [0.1, 0.15) is 18.4 Å². The maximum absolute atomic E-state index is 6.01. The van der Waals surface area contributed by atoms with E-state index >= 15 is 0 Å². The van der Waals surface area contributed by atoms with Gasteiger partial charge in [0.25, 0.3) is 0 Å². The van der Waals surface area contributed by atoms with Crippen molar-refractivity contribution < 1.29 is 4.74 Å². The van der Waals surface area contributed by atoms with Crippen LogP contribution in [0, 0.1) is 12.8 Å². The number of hydrogen-bond acceptors (Lipinski definition) is 3. The van der Waals surface area contributed by atoms with Gasteiger partial charge in [-0.1, -0.05) is 0 Å². The van der Waals surface area contributed by atoms with Crippen LogP contribution in [0.15, 0.2) is 22.7 Å². The van der Waals surface area contributed by atoms with Gasteiger partial charge in [0.05, 0.1) is 16.8 Å². The molecule has 0 amide bonds. The Morgan fingerprint density at radius 2 is 2.15 bits per heavy atom. The molecule has 0 atom stereocenters. The van der Waals surface area contributed by atoms with Crippen LogP contribution in [0.2, 0.25) is 0 Å². The van der Waals surface area contributed by atoms with E-state index in [0.717, 1.165) is 33.6 Å². The second kappa shape index (κ2) is 5.13. The zero-order valence-corrected chi connectivity index (χ0v) is 13.3. The van der Waals surface area contributed by atoms with Crippen LogP contribution in [0.4, 0.5) is 5.82 Å². The van der Waals surface area contributed by atoms with Gasteiger partial charge in [-0.05, 0) is 59.3 Å². The number of nitrogens with zero attached hydrogens (tertiary/aromatic N) is 2. The molecule has 0 aliphatic heterocycles. The summed E-state index contributed by atoms with van der Waals surface area (Å²) in [5.74, 6) is 2.22. The lowest BCUT2D eigenvalue weighted by atomic mass is 10.1. The van der Waals surface area contributed by atoms with E-state index in [9.17, 15) is 0 Å². The normalized spacial score (nSPS) is 14.6. The third-order valence-corrected chi connectivity index (χ3v) is 4.13. The van der Waals surface area contributed by atoms with Gasteiger partial charge in [0.15, 0.2) is 0 Å². The third-order valence-electron chi connectivity index (χ3n) is 3.54. The molecule has 1 aromatic heterocycles. The highest BCUT2D eigenvalue weighted by atomic mass is 79.9. The van der Waals surface area contributed by atoms with Crippen molar-refractivity contribution in [3.63, 3.8) is 0 Å². The van der Waals surface area contributed by atoms with Gasteiger partial charge in [-0.25, -0.2) is 0 Å². The quantitative estimate of drug-likeness (QED) is 0.929. The number of hydrogen-bond donors (Lipinski definition) is 1. The van der Waals surface area contributed by atoms with Crippen molar-refractivity contribution in [2.24, 2.45) is 13.0 Å². The maximum atomic E-state index is 6.01. The van der Waals surface area contributed by atoms with Crippen molar-refractivity contribution in [1.29, 1.82) is 0 Å². The average Bonchev–Trinajstić information content (AvgIpc) is 3.14. The van der Waals surface area contributed by atoms with Crippen molar-refractivity contribution >= 4 is 21.7 Å². The minimum atomic E-state index is 0.644. The number of anilines is 1. The van der Waals surface area contributed by atoms with Crippen LogP contribution in [-0.2, 0) is 7.05 Å². The molecule has 1 heterocycles. The minimum Gasteiger partial charge on any atom is -0.491 e. The SMILES string of the molecule is Cc1cc(Br)c(OCC2CC2)c(-c2cc(N)n(C)n2)c1. The maximum Gasteiger partial charge on any atom is 0.142 e. The van der Waals surface area contributed by atoms with Gasteiger partial charge in [0.2, 0.25) is 0 Å². The van der Waals surface area contributed by atoms with Crippen LogP contribution in [-0.4, -0.2) is 16.4 Å². The Labute approximate surface area is 127 Å². The van der Waals surface area contributed by atoms with E-state index in [0.29, 0.717) is 11.7 Å². The number of benzene rings is 1. The molecule has 1 saturated carbocycles. The van der Waals surface area contributed by atoms with E-state index in [1.807, 2.05) is 13.1 Å². The zero-order chi connectivity index (χ0) is 14.3. The van der Waals surface area contributed by atoms with Crippen LogP contribution in [0.25, 0.3) is 11.3 Å². The summed E-state index contributed by atoms with van der Waals surface area (Å²) in [6, 6.07) is 6.04. The number of nitrogens with two attached hydrogens (primary N) is 1. The fraction of sp³-hybridized carbons (Fsp3) is 0.400. The first kappa shape index (κ1) is 13.5. The zero-order valence-electron chi connectivity index (χ0n) is 11.7. The van der Waals surface area contributed by atoms with E-state index in [1.54, 1.807) is 4.68 Å². The van der Waals surface area contributed by atoms with Gasteiger partial charge < -0.3 is 10.5 Å². The van der Waals surface area contributed by atoms with E-state index < -0.39 is 0 Å². The number of halogens is 1. The Morgan fingerprint density at radius 3 is 2.75 bits per heavy atom. The molecular formula is C15H18BrN3O. The Bertz CT molecular complexity index is 627. The number of aryl methyl sites for hydroxylation is 2. The summed E-state index contributed by atoms with van der Waals surface area (Å²) in [6.07, 6.45) is 2.55. The van der Waals surface area contributed by atoms with Crippen LogP contribution < -0.4 is 10.5 Å². The first-order chi connectivity index (χ1) is 9.54. The highest BCUT2D eigenvalue weighted by Crippen LogP contribution is 2.39. The molecule has 0 bridgehead atoms. The lowest BCUT2D eigenvalue weighted by molar-refractivity contribution is 0.299. The molecule has 0 saturated heterocycles. The van der Waals surface area contributed by atoms with E-state index in [-0.39, 0.29) is 0 Å². The molecule has 3 rings (SSSR count). The third kappa shape index (κ3) is 2.68. The lowest BCUT2D eigenvalue weighted by Gasteiger charge is -2.13. The van der Waals surface area contributed by atoms with Crippen molar-refractivity contribution in [3.8, 4) is 17.0 Å². The van der Waals surface area contributed by atoms with Crippen molar-refractivity contribution in [2.75, 3.05) is 12.3 Å². The van der Waals surface area contributed by atoms with Crippen LogP contribution >= 0.6 is 15.9 Å². The highest BCUT2D eigenvalue weighted by Gasteiger charge is 2.23. The topological polar surface area (TPSA) is 53.1 Å². The van der Waals surface area contributed by atoms with Gasteiger partial charge >= 0.3 is 0 Å². The number of aromatic nitrogens is 2. The Kier molecular flexibility index (Phi) is 3.46. The first-order valence-corrected chi connectivity index (χ1v) is 7.56. The largest absolute Gasteiger partial charge is 0.491 e. The van der Waals surface area contributed by atoms with Gasteiger partial charge in [-0.2, -0.15) is 5.10 Å². The smallest absolute Gasteiger partial charge is 0.142 e. The average molecular weight is 336 g/mol. The molecule has 1 fully saturated rings. The van der Waals surface area contributed by atoms with Gasteiger partial charge in [0.1, 0.15) is 11.6 Å². The molecule has 20 heavy (non-hydrogen) atoms. The molecule has 0 unspecified atom stereocenters. The number of nitrogen functional groups attached to an aromatic ring is 1.